The lowest BCUT2D eigenvalue weighted by Crippen LogP contribution is -2.41. The van der Waals surface area contributed by atoms with E-state index in [2.05, 4.69) is 13.8 Å². The average molecular weight is 283 g/mol. The van der Waals surface area contributed by atoms with Crippen LogP contribution in [0.15, 0.2) is 0 Å². The number of hydrogen-bond acceptors (Lipinski definition) is 2. The maximum Gasteiger partial charge on any atom is 0.307 e. The minimum Gasteiger partial charge on any atom is -0.481 e. The van der Waals surface area contributed by atoms with Crippen molar-refractivity contribution in [2.45, 2.75) is 53.4 Å². The van der Waals surface area contributed by atoms with Gasteiger partial charge in [0.1, 0.15) is 0 Å². The highest BCUT2D eigenvalue weighted by molar-refractivity contribution is 5.85. The van der Waals surface area contributed by atoms with Gasteiger partial charge in [-0.05, 0) is 31.6 Å². The van der Waals surface area contributed by atoms with E-state index in [1.54, 1.807) is 0 Å². The molecule has 0 bridgehead atoms. The van der Waals surface area contributed by atoms with Gasteiger partial charge < -0.3 is 10.0 Å². The van der Waals surface area contributed by atoms with Crippen LogP contribution in [-0.4, -0.2) is 35.0 Å². The maximum absolute atomic E-state index is 12.7. The third-order valence-electron chi connectivity index (χ3n) is 4.76. The van der Waals surface area contributed by atoms with Gasteiger partial charge in [0.25, 0.3) is 0 Å². The van der Waals surface area contributed by atoms with Crippen LogP contribution in [0.2, 0.25) is 0 Å². The molecule has 0 aromatic heterocycles. The molecular formula is C16H29NO3. The van der Waals surface area contributed by atoms with Gasteiger partial charge in [0.2, 0.25) is 5.91 Å². The number of nitrogens with zero attached hydrogens (tertiary/aromatic N) is 1. The Morgan fingerprint density at radius 3 is 2.15 bits per heavy atom. The summed E-state index contributed by atoms with van der Waals surface area (Å²) in [5, 5.41) is 9.31. The molecule has 20 heavy (non-hydrogen) atoms. The number of hydrogen-bond donors (Lipinski definition) is 1. The van der Waals surface area contributed by atoms with Crippen molar-refractivity contribution in [1.29, 1.82) is 0 Å². The zero-order valence-electron chi connectivity index (χ0n) is 13.3. The quantitative estimate of drug-likeness (QED) is 0.781. The minimum absolute atomic E-state index is 0.0520. The number of carbonyl (C=O) groups excluding carboxylic acids is 1. The van der Waals surface area contributed by atoms with Crippen molar-refractivity contribution in [3.05, 3.63) is 0 Å². The van der Waals surface area contributed by atoms with E-state index >= 15 is 0 Å². The number of aliphatic carboxylic acids is 1. The van der Waals surface area contributed by atoms with Gasteiger partial charge in [-0.15, -0.1) is 0 Å². The molecule has 1 unspecified atom stereocenters. The lowest BCUT2D eigenvalue weighted by molar-refractivity contribution is -0.149. The highest BCUT2D eigenvalue weighted by Crippen LogP contribution is 2.37. The van der Waals surface area contributed by atoms with Gasteiger partial charge in [-0.3, -0.25) is 9.59 Å². The summed E-state index contributed by atoms with van der Waals surface area (Å²) in [5.74, 6) is -0.731. The fourth-order valence-corrected chi connectivity index (χ4v) is 3.31. The number of carboxylic acids is 1. The number of carboxylic acid groups (broad SMARTS) is 1. The lowest BCUT2D eigenvalue weighted by atomic mass is 9.93. The van der Waals surface area contributed by atoms with Crippen LogP contribution in [0.25, 0.3) is 0 Å². The lowest BCUT2D eigenvalue weighted by Gasteiger charge is -2.29. The number of amides is 1. The first kappa shape index (κ1) is 17.0. The third kappa shape index (κ3) is 3.97. The summed E-state index contributed by atoms with van der Waals surface area (Å²) in [7, 11) is 0. The summed E-state index contributed by atoms with van der Waals surface area (Å²) < 4.78 is 0. The molecule has 0 aromatic rings. The van der Waals surface area contributed by atoms with E-state index in [-0.39, 0.29) is 11.8 Å². The van der Waals surface area contributed by atoms with Gasteiger partial charge >= 0.3 is 5.97 Å². The SMILES string of the molecule is CCC(CC)CN(CC)C(=O)[C@H]1CC(C)C[C@H]1C(=O)O. The van der Waals surface area contributed by atoms with Gasteiger partial charge in [-0.2, -0.15) is 0 Å². The van der Waals surface area contributed by atoms with E-state index in [9.17, 15) is 14.7 Å². The molecule has 1 aliphatic rings. The number of rotatable bonds is 7. The van der Waals surface area contributed by atoms with Crippen LogP contribution in [-0.2, 0) is 9.59 Å². The molecule has 3 atom stereocenters. The van der Waals surface area contributed by atoms with Gasteiger partial charge in [0.05, 0.1) is 11.8 Å². The normalized spacial score (nSPS) is 25.9. The molecule has 0 saturated heterocycles. The standard InChI is InChI=1S/C16H29NO3/c1-5-12(6-2)10-17(7-3)15(18)13-8-11(4)9-14(13)16(19)20/h11-14H,5-10H2,1-4H3,(H,19,20)/t11?,13-,14+/m0/s1. The predicted molar refractivity (Wildman–Crippen MR) is 79.3 cm³/mol. The maximum atomic E-state index is 12.7. The van der Waals surface area contributed by atoms with Crippen LogP contribution in [0.1, 0.15) is 53.4 Å². The molecule has 0 spiro atoms. The highest BCUT2D eigenvalue weighted by atomic mass is 16.4. The Kier molecular flexibility index (Phi) is 6.50. The molecule has 1 fully saturated rings. The molecule has 116 valence electrons. The van der Waals surface area contributed by atoms with Crippen LogP contribution in [0.4, 0.5) is 0 Å². The van der Waals surface area contributed by atoms with Crippen molar-refractivity contribution in [2.24, 2.45) is 23.7 Å². The second-order valence-corrected chi connectivity index (χ2v) is 6.19. The molecule has 0 radical (unpaired) electrons. The van der Waals surface area contributed by atoms with E-state index in [4.69, 9.17) is 0 Å². The Labute approximate surface area is 122 Å². The van der Waals surface area contributed by atoms with E-state index in [1.165, 1.54) is 0 Å². The number of carbonyl (C=O) groups is 2. The Morgan fingerprint density at radius 2 is 1.70 bits per heavy atom. The molecule has 1 rings (SSSR count). The topological polar surface area (TPSA) is 57.6 Å². The summed E-state index contributed by atoms with van der Waals surface area (Å²) in [4.78, 5) is 25.9. The van der Waals surface area contributed by atoms with Crippen molar-refractivity contribution in [3.63, 3.8) is 0 Å². The Morgan fingerprint density at radius 1 is 1.15 bits per heavy atom. The minimum atomic E-state index is -0.814. The first-order chi connectivity index (χ1) is 9.44. The molecule has 0 aliphatic heterocycles. The molecule has 4 nitrogen and oxygen atoms in total. The highest BCUT2D eigenvalue weighted by Gasteiger charge is 2.42. The molecule has 0 heterocycles. The van der Waals surface area contributed by atoms with Gasteiger partial charge in [-0.25, -0.2) is 0 Å². The smallest absolute Gasteiger partial charge is 0.307 e. The molecule has 4 heteroatoms. The molecule has 1 saturated carbocycles. The fourth-order valence-electron chi connectivity index (χ4n) is 3.31. The van der Waals surface area contributed by atoms with Gasteiger partial charge in [0.15, 0.2) is 0 Å². The van der Waals surface area contributed by atoms with Crippen LogP contribution in [0.3, 0.4) is 0 Å². The predicted octanol–water partition coefficient (Wildman–Crippen LogP) is 3.02. The zero-order valence-corrected chi connectivity index (χ0v) is 13.3. The molecule has 1 aliphatic carbocycles. The van der Waals surface area contributed by atoms with E-state index in [1.807, 2.05) is 18.7 Å². The van der Waals surface area contributed by atoms with Gasteiger partial charge in [-0.1, -0.05) is 33.6 Å². The molecule has 1 N–H and O–H groups in total. The van der Waals surface area contributed by atoms with Crippen molar-refractivity contribution < 1.29 is 14.7 Å². The summed E-state index contributed by atoms with van der Waals surface area (Å²) in [6.07, 6.45) is 3.47. The summed E-state index contributed by atoms with van der Waals surface area (Å²) in [6, 6.07) is 0. The first-order valence-corrected chi connectivity index (χ1v) is 7.96. The zero-order chi connectivity index (χ0) is 15.3. The second-order valence-electron chi connectivity index (χ2n) is 6.19. The monoisotopic (exact) mass is 283 g/mol. The average Bonchev–Trinajstić information content (AvgIpc) is 2.82. The second kappa shape index (κ2) is 7.65. The molecule has 1 amide bonds. The van der Waals surface area contributed by atoms with E-state index < -0.39 is 11.9 Å². The first-order valence-electron chi connectivity index (χ1n) is 7.96. The van der Waals surface area contributed by atoms with Crippen molar-refractivity contribution in [1.82, 2.24) is 4.90 Å². The largest absolute Gasteiger partial charge is 0.481 e. The van der Waals surface area contributed by atoms with Crippen LogP contribution in [0, 0.1) is 23.7 Å². The summed E-state index contributed by atoms with van der Waals surface area (Å²) in [5.41, 5.74) is 0. The van der Waals surface area contributed by atoms with Crippen LogP contribution >= 0.6 is 0 Å². The van der Waals surface area contributed by atoms with Crippen LogP contribution in [0.5, 0.6) is 0 Å². The molecular weight excluding hydrogens is 254 g/mol. The Balaban J connectivity index is 2.76. The van der Waals surface area contributed by atoms with E-state index in [0.717, 1.165) is 25.8 Å². The van der Waals surface area contributed by atoms with Gasteiger partial charge in [0, 0.05) is 13.1 Å². The Hall–Kier alpha value is -1.06. The van der Waals surface area contributed by atoms with Crippen molar-refractivity contribution in [3.8, 4) is 0 Å². The van der Waals surface area contributed by atoms with Crippen molar-refractivity contribution in [2.75, 3.05) is 13.1 Å². The van der Waals surface area contributed by atoms with Crippen molar-refractivity contribution >= 4 is 11.9 Å². The third-order valence-corrected chi connectivity index (χ3v) is 4.76. The van der Waals surface area contributed by atoms with E-state index in [0.29, 0.717) is 24.8 Å². The summed E-state index contributed by atoms with van der Waals surface area (Å²) in [6.45, 7) is 9.75. The van der Waals surface area contributed by atoms with Crippen LogP contribution < -0.4 is 0 Å². The Bertz CT molecular complexity index is 339. The summed E-state index contributed by atoms with van der Waals surface area (Å²) >= 11 is 0. The fraction of sp³-hybridized carbons (Fsp3) is 0.875. The molecule has 0 aromatic carbocycles.